The molecule has 1 unspecified atom stereocenters. The zero-order valence-electron chi connectivity index (χ0n) is 24.1. The van der Waals surface area contributed by atoms with Crippen LogP contribution in [0.4, 0.5) is 0 Å². The lowest BCUT2D eigenvalue weighted by Gasteiger charge is -2.34. The summed E-state index contributed by atoms with van der Waals surface area (Å²) in [5.41, 5.74) is 2.68. The van der Waals surface area contributed by atoms with Crippen molar-refractivity contribution in [3.63, 3.8) is 0 Å². The Labute approximate surface area is 244 Å². The Morgan fingerprint density at radius 1 is 0.857 bits per heavy atom. The number of hydrogen-bond acceptors (Lipinski definition) is 8. The van der Waals surface area contributed by atoms with Gasteiger partial charge in [0.1, 0.15) is 17.4 Å². The largest absolute Gasteiger partial charge is 0.490 e. The summed E-state index contributed by atoms with van der Waals surface area (Å²) >= 11 is 0. The van der Waals surface area contributed by atoms with E-state index in [2.05, 4.69) is 10.2 Å². The Morgan fingerprint density at radius 2 is 1.45 bits per heavy atom. The molecule has 10 nitrogen and oxygen atoms in total. The Balaban J connectivity index is 1.04. The molecule has 42 heavy (non-hydrogen) atoms. The van der Waals surface area contributed by atoms with Crippen LogP contribution in [0.2, 0.25) is 0 Å². The molecule has 220 valence electrons. The molecule has 0 bridgehead atoms. The molecular formula is C32H35N3O7. The average Bonchev–Trinajstić information content (AvgIpc) is 3.46. The lowest BCUT2D eigenvalue weighted by atomic mass is 9.92. The van der Waals surface area contributed by atoms with Gasteiger partial charge in [-0.05, 0) is 100 Å². The number of fused-ring (bicyclic) bond motifs is 2. The summed E-state index contributed by atoms with van der Waals surface area (Å²) in [6.07, 6.45) is 4.08. The van der Waals surface area contributed by atoms with Gasteiger partial charge in [0.05, 0.1) is 22.8 Å². The van der Waals surface area contributed by atoms with Crippen molar-refractivity contribution in [2.24, 2.45) is 0 Å². The number of carbonyl (C=O) groups excluding carboxylic acids is 5. The van der Waals surface area contributed by atoms with Crippen molar-refractivity contribution in [2.45, 2.75) is 96.2 Å². The predicted molar refractivity (Wildman–Crippen MR) is 151 cm³/mol. The van der Waals surface area contributed by atoms with E-state index in [4.69, 9.17) is 9.47 Å². The summed E-state index contributed by atoms with van der Waals surface area (Å²) in [4.78, 5) is 66.0. The Kier molecular flexibility index (Phi) is 7.12. The topological polar surface area (TPSA) is 122 Å². The van der Waals surface area contributed by atoms with Gasteiger partial charge in [0, 0.05) is 25.6 Å². The van der Waals surface area contributed by atoms with Crippen molar-refractivity contribution in [1.29, 1.82) is 0 Å². The molecule has 0 radical (unpaired) electrons. The van der Waals surface area contributed by atoms with Gasteiger partial charge in [-0.15, -0.1) is 0 Å². The van der Waals surface area contributed by atoms with Gasteiger partial charge < -0.3 is 9.47 Å². The number of nitrogens with one attached hydrogen (secondary N) is 1. The number of imide groups is 2. The second kappa shape index (κ2) is 10.7. The number of hydrogen-bond donors (Lipinski definition) is 1. The molecule has 1 saturated carbocycles. The third kappa shape index (κ3) is 5.43. The van der Waals surface area contributed by atoms with E-state index in [0.717, 1.165) is 47.5 Å². The molecule has 4 amide bonds. The summed E-state index contributed by atoms with van der Waals surface area (Å²) in [5.74, 6) is -1.55. The van der Waals surface area contributed by atoms with Gasteiger partial charge in [0.15, 0.2) is 0 Å². The predicted octanol–water partition coefficient (Wildman–Crippen LogP) is 3.75. The van der Waals surface area contributed by atoms with Crippen LogP contribution in [-0.4, -0.2) is 63.2 Å². The highest BCUT2D eigenvalue weighted by Gasteiger charge is 2.45. The number of nitrogens with zero attached hydrogens (tertiary/aromatic N) is 2. The van der Waals surface area contributed by atoms with E-state index in [1.165, 1.54) is 0 Å². The molecule has 1 aliphatic carbocycles. The fourth-order valence-electron chi connectivity index (χ4n) is 6.38. The summed E-state index contributed by atoms with van der Waals surface area (Å²) in [5, 5.41) is 2.23. The summed E-state index contributed by atoms with van der Waals surface area (Å²) in [6, 6.07) is 10.1. The molecule has 2 aromatic carbocycles. The first-order valence-electron chi connectivity index (χ1n) is 14.6. The molecule has 0 spiro atoms. The van der Waals surface area contributed by atoms with E-state index in [9.17, 15) is 24.0 Å². The third-order valence-electron chi connectivity index (χ3n) is 8.46. The van der Waals surface area contributed by atoms with E-state index >= 15 is 0 Å². The van der Waals surface area contributed by atoms with Gasteiger partial charge in [0.2, 0.25) is 11.8 Å². The fourth-order valence-corrected chi connectivity index (χ4v) is 6.38. The van der Waals surface area contributed by atoms with E-state index in [-0.39, 0.29) is 30.8 Å². The van der Waals surface area contributed by atoms with Crippen molar-refractivity contribution < 1.29 is 33.4 Å². The van der Waals surface area contributed by atoms with Crippen molar-refractivity contribution in [3.8, 4) is 5.75 Å². The molecule has 10 heteroatoms. The van der Waals surface area contributed by atoms with Crippen molar-refractivity contribution in [2.75, 3.05) is 0 Å². The molecule has 2 fully saturated rings. The molecule has 0 aromatic heterocycles. The van der Waals surface area contributed by atoms with Crippen LogP contribution in [0, 0.1) is 0 Å². The molecule has 3 heterocycles. The van der Waals surface area contributed by atoms with Gasteiger partial charge in [0.25, 0.3) is 11.8 Å². The minimum Gasteiger partial charge on any atom is -0.490 e. The minimum absolute atomic E-state index is 0.0934. The van der Waals surface area contributed by atoms with Gasteiger partial charge in [-0.1, -0.05) is 0 Å². The second-order valence-corrected chi connectivity index (χ2v) is 12.6. The van der Waals surface area contributed by atoms with Crippen LogP contribution in [0.15, 0.2) is 36.4 Å². The summed E-state index contributed by atoms with van der Waals surface area (Å²) < 4.78 is 11.6. The maximum atomic E-state index is 13.2. The molecule has 6 rings (SSSR count). The molecular weight excluding hydrogens is 538 g/mol. The Bertz CT molecular complexity index is 1420. The fraction of sp³-hybridized carbons (Fsp3) is 0.469. The smallest absolute Gasteiger partial charge is 0.338 e. The quantitative estimate of drug-likeness (QED) is 0.424. The van der Waals surface area contributed by atoms with Gasteiger partial charge in [-0.3, -0.25) is 34.3 Å². The number of benzene rings is 2. The van der Waals surface area contributed by atoms with Crippen molar-refractivity contribution in [1.82, 2.24) is 15.1 Å². The average molecular weight is 574 g/mol. The monoisotopic (exact) mass is 573 g/mol. The number of esters is 1. The van der Waals surface area contributed by atoms with E-state index in [1.807, 2.05) is 45.0 Å². The number of piperidine rings is 1. The minimum atomic E-state index is -0.957. The SMILES string of the molecule is CC(C)(C)OC(=O)c1ccc(OC2CCC(N3Cc4cc5c(cc4C3)C(=O)N(C3CCC(=O)NC3=O)C5=O)CC2)cc1. The number of ether oxygens (including phenoxy) is 2. The van der Waals surface area contributed by atoms with Crippen LogP contribution in [0.5, 0.6) is 5.75 Å². The van der Waals surface area contributed by atoms with E-state index < -0.39 is 29.4 Å². The van der Waals surface area contributed by atoms with E-state index in [1.54, 1.807) is 12.1 Å². The molecule has 4 aliphatic rings. The number of amides is 4. The maximum absolute atomic E-state index is 13.2. The van der Waals surface area contributed by atoms with Crippen LogP contribution in [0.3, 0.4) is 0 Å². The first-order valence-corrected chi connectivity index (χ1v) is 14.6. The first-order chi connectivity index (χ1) is 20.0. The van der Waals surface area contributed by atoms with Crippen LogP contribution < -0.4 is 10.1 Å². The Hall–Kier alpha value is -4.05. The number of rotatable bonds is 5. The van der Waals surface area contributed by atoms with Gasteiger partial charge in [-0.2, -0.15) is 0 Å². The molecule has 1 saturated heterocycles. The lowest BCUT2D eigenvalue weighted by molar-refractivity contribution is -0.136. The zero-order chi connectivity index (χ0) is 29.8. The van der Waals surface area contributed by atoms with Gasteiger partial charge >= 0.3 is 5.97 Å². The molecule has 3 aliphatic heterocycles. The highest BCUT2D eigenvalue weighted by Crippen LogP contribution is 2.36. The lowest BCUT2D eigenvalue weighted by Crippen LogP contribution is -2.54. The highest BCUT2D eigenvalue weighted by molar-refractivity contribution is 6.23. The highest BCUT2D eigenvalue weighted by atomic mass is 16.6. The van der Waals surface area contributed by atoms with Crippen molar-refractivity contribution in [3.05, 3.63) is 64.2 Å². The first kappa shape index (κ1) is 28.1. The standard InChI is InChI=1S/C32H35N3O7/c1-32(2,3)42-31(40)18-4-8-22(9-5-18)41-23-10-6-21(7-11-23)34-16-19-14-24-25(15-20(19)17-34)30(39)35(29(24)38)26-12-13-27(36)33-28(26)37/h4-5,8-9,14-15,21,23,26H,6-7,10-13,16-17H2,1-3H3,(H,33,36,37). The third-order valence-corrected chi connectivity index (χ3v) is 8.46. The summed E-state index contributed by atoms with van der Waals surface area (Å²) in [7, 11) is 0. The van der Waals surface area contributed by atoms with Crippen LogP contribution >= 0.6 is 0 Å². The zero-order valence-corrected chi connectivity index (χ0v) is 24.1. The van der Waals surface area contributed by atoms with Crippen LogP contribution in [0.25, 0.3) is 0 Å². The number of carbonyl (C=O) groups is 5. The van der Waals surface area contributed by atoms with Crippen LogP contribution in [0.1, 0.15) is 101 Å². The molecule has 2 aromatic rings. The van der Waals surface area contributed by atoms with Gasteiger partial charge in [-0.25, -0.2) is 4.79 Å². The maximum Gasteiger partial charge on any atom is 0.338 e. The molecule has 1 atom stereocenters. The Morgan fingerprint density at radius 3 is 2.00 bits per heavy atom. The molecule has 1 N–H and O–H groups in total. The van der Waals surface area contributed by atoms with Crippen LogP contribution in [-0.2, 0) is 27.4 Å². The normalized spacial score (nSPS) is 24.4. The van der Waals surface area contributed by atoms with E-state index in [0.29, 0.717) is 35.8 Å². The summed E-state index contributed by atoms with van der Waals surface area (Å²) in [6.45, 7) is 6.92. The van der Waals surface area contributed by atoms with Crippen molar-refractivity contribution >= 4 is 29.6 Å². The second-order valence-electron chi connectivity index (χ2n) is 12.6.